The molecule has 0 aromatic carbocycles. The van der Waals surface area contributed by atoms with Crippen LogP contribution >= 0.6 is 0 Å². The third-order valence-corrected chi connectivity index (χ3v) is 8.61. The lowest BCUT2D eigenvalue weighted by Crippen LogP contribution is -2.62. The molecule has 1 aromatic rings. The summed E-state index contributed by atoms with van der Waals surface area (Å²) in [5.41, 5.74) is 16.6. The molecule has 0 bridgehead atoms. The number of H-pyrrole nitrogens is 1. The Morgan fingerprint density at radius 2 is 1.29 bits per heavy atom. The zero-order valence-corrected chi connectivity index (χ0v) is 34.5. The van der Waals surface area contributed by atoms with Gasteiger partial charge in [0.25, 0.3) is 0 Å². The number of carbonyl (C=O) groups is 8. The van der Waals surface area contributed by atoms with E-state index in [4.69, 9.17) is 17.2 Å². The standard InChI is InChI=1S/C36H63N13O9/c1-17(2)12-24(44-21(8)51)33(56)48-28(19(5)6)34(57)49-29(20(7)50)35(58)46-25(13-22-14-40-16-43-22)31(54)42-15-26(52)45-23(10-9-11-41-36(38)39)32(55)47-27(18(3)4)30(37)53/h14,16-20,23-25,27-29,50H,9-13,15H2,1-8H3,(H2,37,53)(H,40,43)(H,42,54)(H,44,51)(H,45,52)(H,46,58)(H,47,55)(H,48,56)(H,49,57)(H4,38,39,41)/t20-,23+,24+,25+,27+,28+,29+/m1/s1. The van der Waals surface area contributed by atoms with Gasteiger partial charge in [-0.15, -0.1) is 0 Å². The lowest BCUT2D eigenvalue weighted by atomic mass is 9.99. The molecule has 0 saturated heterocycles. The van der Waals surface area contributed by atoms with Crippen molar-refractivity contribution in [1.82, 2.24) is 47.2 Å². The highest BCUT2D eigenvalue weighted by Crippen LogP contribution is 2.10. The molecule has 0 unspecified atom stereocenters. The van der Waals surface area contributed by atoms with Crippen molar-refractivity contribution < 1.29 is 43.5 Å². The molecule has 1 rings (SSSR count). The van der Waals surface area contributed by atoms with E-state index in [0.717, 1.165) is 0 Å². The zero-order chi connectivity index (χ0) is 44.3. The number of imidazole rings is 1. The highest BCUT2D eigenvalue weighted by atomic mass is 16.3. The average molecular weight is 822 g/mol. The van der Waals surface area contributed by atoms with Gasteiger partial charge in [0.2, 0.25) is 47.3 Å². The van der Waals surface area contributed by atoms with Crippen molar-refractivity contribution in [2.75, 3.05) is 13.1 Å². The summed E-state index contributed by atoms with van der Waals surface area (Å²) in [6, 6.07) is -7.31. The highest BCUT2D eigenvalue weighted by Gasteiger charge is 2.35. The maximum Gasteiger partial charge on any atom is 0.245 e. The fourth-order valence-corrected chi connectivity index (χ4v) is 5.60. The van der Waals surface area contributed by atoms with E-state index in [1.807, 2.05) is 13.8 Å². The van der Waals surface area contributed by atoms with Gasteiger partial charge in [-0.3, -0.25) is 43.3 Å². The lowest BCUT2D eigenvalue weighted by Gasteiger charge is -2.29. The monoisotopic (exact) mass is 821 g/mol. The third kappa shape index (κ3) is 18.4. The van der Waals surface area contributed by atoms with Crippen molar-refractivity contribution in [3.8, 4) is 0 Å². The second-order valence-corrected chi connectivity index (χ2v) is 15.1. The first kappa shape index (κ1) is 50.2. The van der Waals surface area contributed by atoms with E-state index >= 15 is 0 Å². The summed E-state index contributed by atoms with van der Waals surface area (Å²) in [7, 11) is 0. The van der Waals surface area contributed by atoms with Gasteiger partial charge in [-0.05, 0) is 43.9 Å². The van der Waals surface area contributed by atoms with E-state index in [1.165, 1.54) is 26.4 Å². The third-order valence-electron chi connectivity index (χ3n) is 8.61. The van der Waals surface area contributed by atoms with Gasteiger partial charge in [0.05, 0.1) is 19.0 Å². The van der Waals surface area contributed by atoms with Crippen LogP contribution in [0.3, 0.4) is 0 Å². The molecule has 15 N–H and O–H groups in total. The van der Waals surface area contributed by atoms with E-state index < -0.39 is 102 Å². The number of guanidine groups is 1. The summed E-state index contributed by atoms with van der Waals surface area (Å²) in [5, 5.41) is 28.2. The molecule has 0 aliphatic heterocycles. The molecule has 0 spiro atoms. The molecule has 0 fully saturated rings. The molecule has 0 saturated carbocycles. The van der Waals surface area contributed by atoms with Gasteiger partial charge >= 0.3 is 0 Å². The van der Waals surface area contributed by atoms with Gasteiger partial charge in [0.1, 0.15) is 36.3 Å². The number of nitrogens with one attached hydrogen (secondary N) is 8. The van der Waals surface area contributed by atoms with Crippen LogP contribution in [0.5, 0.6) is 0 Å². The molecule has 1 heterocycles. The van der Waals surface area contributed by atoms with E-state index in [9.17, 15) is 43.5 Å². The highest BCUT2D eigenvalue weighted by molar-refractivity contribution is 5.97. The Morgan fingerprint density at radius 3 is 1.79 bits per heavy atom. The Kier molecular flexibility index (Phi) is 21.4. The van der Waals surface area contributed by atoms with Crippen LogP contribution in [0.4, 0.5) is 0 Å². The molecule has 22 nitrogen and oxygen atoms in total. The Morgan fingerprint density at radius 1 is 0.724 bits per heavy atom. The number of primary amides is 1. The van der Waals surface area contributed by atoms with Crippen molar-refractivity contribution in [3.63, 3.8) is 0 Å². The first-order valence-corrected chi connectivity index (χ1v) is 19.1. The molecule has 0 radical (unpaired) electrons. The van der Waals surface area contributed by atoms with Gasteiger partial charge in [0.15, 0.2) is 5.96 Å². The minimum Gasteiger partial charge on any atom is -0.391 e. The van der Waals surface area contributed by atoms with Crippen molar-refractivity contribution in [2.45, 2.75) is 123 Å². The molecule has 0 aliphatic carbocycles. The summed E-state index contributed by atoms with van der Waals surface area (Å²) in [6.45, 7) is 12.4. The number of hydrogen-bond donors (Lipinski definition) is 12. The summed E-state index contributed by atoms with van der Waals surface area (Å²) >= 11 is 0. The van der Waals surface area contributed by atoms with Crippen LogP contribution in [-0.4, -0.2) is 124 Å². The Balaban J connectivity index is 3.18. The van der Waals surface area contributed by atoms with Gasteiger partial charge < -0.3 is 64.5 Å². The molecule has 8 amide bonds. The summed E-state index contributed by atoms with van der Waals surface area (Å²) < 4.78 is 0. The molecular formula is C36H63N13O9. The van der Waals surface area contributed by atoms with E-state index in [1.54, 1.807) is 27.7 Å². The number of rotatable bonds is 25. The smallest absolute Gasteiger partial charge is 0.245 e. The first-order chi connectivity index (χ1) is 27.0. The van der Waals surface area contributed by atoms with Crippen molar-refractivity contribution in [1.29, 1.82) is 0 Å². The number of aliphatic hydroxyl groups is 1. The number of aliphatic imine (C=N–C) groups is 1. The number of amides is 8. The summed E-state index contributed by atoms with van der Waals surface area (Å²) in [4.78, 5) is 114. The first-order valence-electron chi connectivity index (χ1n) is 19.1. The van der Waals surface area contributed by atoms with E-state index in [0.29, 0.717) is 12.1 Å². The van der Waals surface area contributed by atoms with Crippen LogP contribution in [0.15, 0.2) is 17.5 Å². The molecule has 58 heavy (non-hydrogen) atoms. The van der Waals surface area contributed by atoms with Crippen LogP contribution < -0.4 is 54.4 Å². The number of carbonyl (C=O) groups excluding carboxylic acids is 8. The average Bonchev–Trinajstić information content (AvgIpc) is 3.63. The molecule has 326 valence electrons. The summed E-state index contributed by atoms with van der Waals surface area (Å²) in [5.74, 6) is -6.94. The largest absolute Gasteiger partial charge is 0.391 e. The zero-order valence-electron chi connectivity index (χ0n) is 34.5. The second kappa shape index (κ2) is 24.8. The van der Waals surface area contributed by atoms with Crippen LogP contribution in [-0.2, 0) is 44.8 Å². The minimum atomic E-state index is -1.61. The van der Waals surface area contributed by atoms with E-state index in [2.05, 4.69) is 52.2 Å². The Hall–Kier alpha value is -5.80. The topological polar surface area (TPSA) is 360 Å². The Bertz CT molecular complexity index is 1580. The number of aliphatic hydroxyl groups excluding tert-OH is 1. The molecular weight excluding hydrogens is 758 g/mol. The van der Waals surface area contributed by atoms with Crippen LogP contribution in [0.2, 0.25) is 0 Å². The van der Waals surface area contributed by atoms with Crippen LogP contribution in [0, 0.1) is 17.8 Å². The SMILES string of the molecule is CC(=O)N[C@@H](CC(C)C)C(=O)N[C@H](C(=O)N[C@H](C(=O)N[C@@H](Cc1cnc[nH]1)C(=O)NCC(=O)N[C@@H](CCCN=C(N)N)C(=O)N[C@H](C(N)=O)C(C)C)[C@@H](C)O)C(C)C. The predicted molar refractivity (Wildman–Crippen MR) is 212 cm³/mol. The number of nitrogens with two attached hydrogens (primary N) is 3. The van der Waals surface area contributed by atoms with Crippen molar-refractivity contribution >= 4 is 53.2 Å². The fraction of sp³-hybridized carbons (Fsp3) is 0.667. The Labute approximate surface area is 338 Å². The number of aromatic amines is 1. The molecule has 22 heteroatoms. The quantitative estimate of drug-likeness (QED) is 0.0257. The van der Waals surface area contributed by atoms with Crippen LogP contribution in [0.1, 0.15) is 80.3 Å². The maximum atomic E-state index is 13.6. The summed E-state index contributed by atoms with van der Waals surface area (Å²) in [6.07, 6.45) is 1.70. The van der Waals surface area contributed by atoms with Crippen molar-refractivity contribution in [2.24, 2.45) is 39.9 Å². The number of nitrogens with zero attached hydrogens (tertiary/aromatic N) is 2. The van der Waals surface area contributed by atoms with Gasteiger partial charge in [-0.2, -0.15) is 0 Å². The van der Waals surface area contributed by atoms with Gasteiger partial charge in [-0.25, -0.2) is 4.98 Å². The van der Waals surface area contributed by atoms with Crippen molar-refractivity contribution in [3.05, 3.63) is 18.2 Å². The molecule has 1 aromatic heterocycles. The lowest BCUT2D eigenvalue weighted by molar-refractivity contribution is -0.137. The number of hydrogen-bond acceptors (Lipinski definition) is 11. The second-order valence-electron chi connectivity index (χ2n) is 15.1. The molecule has 7 atom stereocenters. The number of aromatic nitrogens is 2. The van der Waals surface area contributed by atoms with Crippen LogP contribution in [0.25, 0.3) is 0 Å². The van der Waals surface area contributed by atoms with Gasteiger partial charge in [-0.1, -0.05) is 41.5 Å². The normalized spacial score (nSPS) is 14.8. The predicted octanol–water partition coefficient (Wildman–Crippen LogP) is -3.73. The van der Waals surface area contributed by atoms with Gasteiger partial charge in [0, 0.05) is 31.8 Å². The fourth-order valence-electron chi connectivity index (χ4n) is 5.60. The maximum absolute atomic E-state index is 13.6. The van der Waals surface area contributed by atoms with E-state index in [-0.39, 0.29) is 43.6 Å². The molecule has 0 aliphatic rings. The minimum absolute atomic E-state index is 0.0297.